The van der Waals surface area contributed by atoms with E-state index in [0.717, 1.165) is 23.2 Å². The molecule has 0 fully saturated rings. The third kappa shape index (κ3) is 3.39. The molecule has 0 atom stereocenters. The van der Waals surface area contributed by atoms with Crippen molar-refractivity contribution in [3.8, 4) is 0 Å². The molecule has 2 rings (SSSR count). The van der Waals surface area contributed by atoms with Gasteiger partial charge in [-0.3, -0.25) is 0 Å². The zero-order chi connectivity index (χ0) is 13.8. The van der Waals surface area contributed by atoms with Gasteiger partial charge in [0.1, 0.15) is 5.76 Å². The van der Waals surface area contributed by atoms with E-state index in [2.05, 4.69) is 46.1 Å². The summed E-state index contributed by atoms with van der Waals surface area (Å²) >= 11 is 3.63. The lowest BCUT2D eigenvalue weighted by molar-refractivity contribution is 0.529. The van der Waals surface area contributed by atoms with Crippen molar-refractivity contribution >= 4 is 21.6 Å². The number of nitrogens with zero attached hydrogens (tertiary/aromatic N) is 1. The number of nitrogens with two attached hydrogens (primary N) is 1. The smallest absolute Gasteiger partial charge is 0.105 e. The van der Waals surface area contributed by atoms with E-state index in [9.17, 15) is 0 Å². The first kappa shape index (κ1) is 14.2. The predicted octanol–water partition coefficient (Wildman–Crippen LogP) is 3.49. The molecule has 3 nitrogen and oxygen atoms in total. The zero-order valence-corrected chi connectivity index (χ0v) is 12.9. The van der Waals surface area contributed by atoms with Gasteiger partial charge in [0.2, 0.25) is 0 Å². The molecule has 102 valence electrons. The minimum atomic E-state index is 0.676. The summed E-state index contributed by atoms with van der Waals surface area (Å²) in [5, 5.41) is 0. The highest BCUT2D eigenvalue weighted by Crippen LogP contribution is 2.28. The van der Waals surface area contributed by atoms with Gasteiger partial charge in [0.25, 0.3) is 0 Å². The lowest BCUT2D eigenvalue weighted by atomic mass is 10.1. The van der Waals surface area contributed by atoms with Gasteiger partial charge in [0.05, 0.1) is 12.0 Å². The number of aryl methyl sites for hydroxylation is 1. The van der Waals surface area contributed by atoms with Crippen LogP contribution in [0.5, 0.6) is 0 Å². The van der Waals surface area contributed by atoms with Gasteiger partial charge in [-0.1, -0.05) is 6.07 Å². The quantitative estimate of drug-likeness (QED) is 0.916. The van der Waals surface area contributed by atoms with Gasteiger partial charge in [-0.05, 0) is 59.6 Å². The summed E-state index contributed by atoms with van der Waals surface area (Å²) in [4.78, 5) is 2.20. The molecule has 0 bridgehead atoms. The number of anilines is 1. The van der Waals surface area contributed by atoms with Crippen LogP contribution in [0.4, 0.5) is 5.69 Å². The normalized spacial score (nSPS) is 10.7. The average Bonchev–Trinajstić information content (AvgIpc) is 2.75. The molecule has 0 unspecified atom stereocenters. The molecule has 1 heterocycles. The highest BCUT2D eigenvalue weighted by molar-refractivity contribution is 9.10. The first-order valence-corrected chi connectivity index (χ1v) is 7.13. The summed E-state index contributed by atoms with van der Waals surface area (Å²) in [6.07, 6.45) is 2.64. The molecule has 0 aliphatic heterocycles. The summed E-state index contributed by atoms with van der Waals surface area (Å²) in [7, 11) is 2.08. The van der Waals surface area contributed by atoms with Crippen LogP contribution in [0.15, 0.2) is 39.4 Å². The largest absolute Gasteiger partial charge is 0.469 e. The Balaban J connectivity index is 2.15. The van der Waals surface area contributed by atoms with Crippen molar-refractivity contribution in [2.75, 3.05) is 18.5 Å². The number of benzene rings is 1. The van der Waals surface area contributed by atoms with Crippen molar-refractivity contribution in [3.63, 3.8) is 0 Å². The van der Waals surface area contributed by atoms with Gasteiger partial charge in [-0.2, -0.15) is 0 Å². The fraction of sp³-hybridized carbons (Fsp3) is 0.333. The molecular weight excluding hydrogens is 304 g/mol. The minimum Gasteiger partial charge on any atom is -0.469 e. The highest BCUT2D eigenvalue weighted by Gasteiger charge is 2.09. The second-order valence-corrected chi connectivity index (χ2v) is 5.54. The molecule has 2 N–H and O–H groups in total. The Hall–Kier alpha value is -1.26. The molecule has 0 radical (unpaired) electrons. The number of halogens is 1. The lowest BCUT2D eigenvalue weighted by Gasteiger charge is -2.21. The average molecular weight is 323 g/mol. The number of furan rings is 1. The van der Waals surface area contributed by atoms with E-state index in [-0.39, 0.29) is 0 Å². The Morgan fingerprint density at radius 2 is 2.11 bits per heavy atom. The van der Waals surface area contributed by atoms with Crippen LogP contribution in [0.3, 0.4) is 0 Å². The van der Waals surface area contributed by atoms with Crippen LogP contribution in [-0.4, -0.2) is 13.6 Å². The Bertz CT molecular complexity index is 551. The molecule has 0 saturated heterocycles. The third-order valence-corrected chi connectivity index (χ3v) is 3.87. The third-order valence-electron chi connectivity index (χ3n) is 3.23. The van der Waals surface area contributed by atoms with Gasteiger partial charge in [0.15, 0.2) is 0 Å². The molecule has 0 spiro atoms. The van der Waals surface area contributed by atoms with Crippen LogP contribution < -0.4 is 10.6 Å². The molecule has 0 saturated carbocycles. The topological polar surface area (TPSA) is 42.4 Å². The first-order chi connectivity index (χ1) is 9.11. The van der Waals surface area contributed by atoms with E-state index in [1.54, 1.807) is 6.26 Å². The maximum Gasteiger partial charge on any atom is 0.105 e. The Labute approximate surface area is 122 Å². The molecule has 2 aromatic rings. The molecule has 1 aromatic carbocycles. The summed E-state index contributed by atoms with van der Waals surface area (Å²) in [5.41, 5.74) is 9.21. The van der Waals surface area contributed by atoms with Crippen molar-refractivity contribution in [2.45, 2.75) is 19.9 Å². The van der Waals surface area contributed by atoms with Gasteiger partial charge in [-0.25, -0.2) is 0 Å². The molecular formula is C15H19BrN2O. The highest BCUT2D eigenvalue weighted by atomic mass is 79.9. The second-order valence-electron chi connectivity index (χ2n) is 4.68. The van der Waals surface area contributed by atoms with Gasteiger partial charge >= 0.3 is 0 Å². The van der Waals surface area contributed by atoms with E-state index < -0.39 is 0 Å². The van der Waals surface area contributed by atoms with Crippen LogP contribution in [0.2, 0.25) is 0 Å². The summed E-state index contributed by atoms with van der Waals surface area (Å²) in [5.74, 6) is 0.975. The van der Waals surface area contributed by atoms with Crippen molar-refractivity contribution in [1.29, 1.82) is 0 Å². The van der Waals surface area contributed by atoms with Crippen LogP contribution in [0.25, 0.3) is 0 Å². The van der Waals surface area contributed by atoms with Crippen LogP contribution in [0, 0.1) is 6.92 Å². The van der Waals surface area contributed by atoms with Gasteiger partial charge < -0.3 is 15.1 Å². The first-order valence-electron chi connectivity index (χ1n) is 6.34. The van der Waals surface area contributed by atoms with E-state index >= 15 is 0 Å². The van der Waals surface area contributed by atoms with Crippen LogP contribution >= 0.6 is 15.9 Å². The maximum absolute atomic E-state index is 5.58. The van der Waals surface area contributed by atoms with Crippen LogP contribution in [-0.2, 0) is 13.0 Å². The standard InChI is InChI=1S/C15H19BrN2O/c1-11-13(6-8-19-11)10-18(2)15-4-3-12(5-7-17)9-14(15)16/h3-4,6,8-9H,5,7,10,17H2,1-2H3. The number of hydrogen-bond acceptors (Lipinski definition) is 3. The SMILES string of the molecule is Cc1occc1CN(C)c1ccc(CCN)cc1Br. The monoisotopic (exact) mass is 322 g/mol. The fourth-order valence-electron chi connectivity index (χ4n) is 2.10. The Morgan fingerprint density at radius 3 is 2.68 bits per heavy atom. The minimum absolute atomic E-state index is 0.676. The van der Waals surface area contributed by atoms with Crippen molar-refractivity contribution in [1.82, 2.24) is 0 Å². The molecule has 19 heavy (non-hydrogen) atoms. The van der Waals surface area contributed by atoms with Crippen LogP contribution in [0.1, 0.15) is 16.9 Å². The van der Waals surface area contributed by atoms with Crippen molar-refractivity contribution < 1.29 is 4.42 Å². The molecule has 0 amide bonds. The van der Waals surface area contributed by atoms with Gasteiger partial charge in [-0.15, -0.1) is 0 Å². The molecule has 1 aromatic heterocycles. The van der Waals surface area contributed by atoms with E-state index in [1.807, 2.05) is 13.0 Å². The summed E-state index contributed by atoms with van der Waals surface area (Å²) in [6, 6.07) is 8.42. The predicted molar refractivity (Wildman–Crippen MR) is 82.5 cm³/mol. The second kappa shape index (κ2) is 6.26. The number of hydrogen-bond donors (Lipinski definition) is 1. The Morgan fingerprint density at radius 1 is 1.32 bits per heavy atom. The van der Waals surface area contributed by atoms with E-state index in [1.165, 1.54) is 16.8 Å². The summed E-state index contributed by atoms with van der Waals surface area (Å²) in [6.45, 7) is 3.50. The van der Waals surface area contributed by atoms with Crippen molar-refractivity contribution in [3.05, 3.63) is 51.9 Å². The van der Waals surface area contributed by atoms with E-state index in [4.69, 9.17) is 10.2 Å². The number of rotatable bonds is 5. The molecule has 0 aliphatic carbocycles. The maximum atomic E-state index is 5.58. The molecule has 0 aliphatic rings. The fourth-order valence-corrected chi connectivity index (χ4v) is 2.83. The lowest BCUT2D eigenvalue weighted by Crippen LogP contribution is -2.17. The Kier molecular flexibility index (Phi) is 4.66. The zero-order valence-electron chi connectivity index (χ0n) is 11.3. The van der Waals surface area contributed by atoms with Crippen molar-refractivity contribution in [2.24, 2.45) is 5.73 Å². The summed E-state index contributed by atoms with van der Waals surface area (Å²) < 4.78 is 6.43. The van der Waals surface area contributed by atoms with E-state index in [0.29, 0.717) is 6.54 Å². The molecule has 4 heteroatoms. The van der Waals surface area contributed by atoms with Gasteiger partial charge in [0, 0.05) is 23.6 Å².